The van der Waals surface area contributed by atoms with Crippen LogP contribution in [0, 0.1) is 12.8 Å². The molecule has 0 saturated carbocycles. The Hall–Kier alpha value is -1.92. The molecule has 0 aliphatic rings. The van der Waals surface area contributed by atoms with Crippen molar-refractivity contribution in [3.63, 3.8) is 0 Å². The van der Waals surface area contributed by atoms with Gasteiger partial charge in [0.15, 0.2) is 0 Å². The molecule has 0 aliphatic carbocycles. The number of carbonyl (C=O) groups excluding carboxylic acids is 1. The van der Waals surface area contributed by atoms with Gasteiger partial charge in [-0.05, 0) is 38.1 Å². The number of nitrogens with two attached hydrogens (primary N) is 1. The second-order valence-corrected chi connectivity index (χ2v) is 6.59. The molecule has 2 atom stereocenters. The van der Waals surface area contributed by atoms with Gasteiger partial charge in [0, 0.05) is 18.0 Å². The molecule has 0 fully saturated rings. The minimum absolute atomic E-state index is 0.0289. The van der Waals surface area contributed by atoms with Crippen molar-refractivity contribution < 1.29 is 9.53 Å². The van der Waals surface area contributed by atoms with Gasteiger partial charge in [-0.15, -0.1) is 11.3 Å². The van der Waals surface area contributed by atoms with Crippen molar-refractivity contribution in [2.24, 2.45) is 11.7 Å². The Bertz CT molecular complexity index is 667. The van der Waals surface area contributed by atoms with Crippen molar-refractivity contribution in [2.45, 2.75) is 26.8 Å². The number of thiazole rings is 1. The van der Waals surface area contributed by atoms with Gasteiger partial charge in [-0.25, -0.2) is 4.98 Å². The van der Waals surface area contributed by atoms with E-state index in [4.69, 9.17) is 10.5 Å². The third-order valence-corrected chi connectivity index (χ3v) is 5.11. The van der Waals surface area contributed by atoms with Crippen molar-refractivity contribution in [1.82, 2.24) is 10.3 Å². The summed E-state index contributed by atoms with van der Waals surface area (Å²) in [6.45, 7) is 6.11. The average molecular weight is 333 g/mol. The first-order valence-corrected chi connectivity index (χ1v) is 8.40. The van der Waals surface area contributed by atoms with Gasteiger partial charge in [-0.2, -0.15) is 0 Å². The third kappa shape index (κ3) is 4.09. The van der Waals surface area contributed by atoms with Crippen LogP contribution < -0.4 is 15.8 Å². The van der Waals surface area contributed by atoms with E-state index in [0.717, 1.165) is 26.9 Å². The van der Waals surface area contributed by atoms with E-state index in [2.05, 4.69) is 10.3 Å². The molecule has 1 aromatic heterocycles. The van der Waals surface area contributed by atoms with Crippen LogP contribution in [0.3, 0.4) is 0 Å². The summed E-state index contributed by atoms with van der Waals surface area (Å²) in [6.07, 6.45) is 0. The lowest BCUT2D eigenvalue weighted by Gasteiger charge is -2.15. The highest BCUT2D eigenvalue weighted by Gasteiger charge is 2.19. The van der Waals surface area contributed by atoms with Crippen LogP contribution in [-0.4, -0.2) is 24.5 Å². The number of nitrogens with one attached hydrogen (secondary N) is 1. The van der Waals surface area contributed by atoms with Gasteiger partial charge in [0.2, 0.25) is 5.91 Å². The molecule has 0 radical (unpaired) electrons. The SMILES string of the molecule is COc1ccc(-c2nc(C)c(C(C)NC(=O)C(C)CN)s2)cc1. The van der Waals surface area contributed by atoms with Crippen molar-refractivity contribution in [1.29, 1.82) is 0 Å². The van der Waals surface area contributed by atoms with Gasteiger partial charge < -0.3 is 15.8 Å². The van der Waals surface area contributed by atoms with Crippen LogP contribution in [0.25, 0.3) is 10.6 Å². The maximum absolute atomic E-state index is 12.0. The molecular formula is C17H23N3O2S. The van der Waals surface area contributed by atoms with Crippen LogP contribution >= 0.6 is 11.3 Å². The summed E-state index contributed by atoms with van der Waals surface area (Å²) in [5, 5.41) is 3.94. The summed E-state index contributed by atoms with van der Waals surface area (Å²) in [6, 6.07) is 7.72. The molecule has 5 nitrogen and oxygen atoms in total. The van der Waals surface area contributed by atoms with Gasteiger partial charge in [-0.1, -0.05) is 6.92 Å². The van der Waals surface area contributed by atoms with E-state index < -0.39 is 0 Å². The number of amides is 1. The Kier molecular flexibility index (Phi) is 5.74. The molecule has 1 heterocycles. The minimum atomic E-state index is -0.188. The number of methoxy groups -OCH3 is 1. The molecule has 6 heteroatoms. The molecule has 2 rings (SSSR count). The van der Waals surface area contributed by atoms with Gasteiger partial charge in [0.1, 0.15) is 10.8 Å². The van der Waals surface area contributed by atoms with E-state index in [-0.39, 0.29) is 17.9 Å². The fourth-order valence-corrected chi connectivity index (χ4v) is 3.27. The Morgan fingerprint density at radius 3 is 2.57 bits per heavy atom. The molecule has 23 heavy (non-hydrogen) atoms. The number of hydrogen-bond donors (Lipinski definition) is 2. The van der Waals surface area contributed by atoms with E-state index in [0.29, 0.717) is 6.54 Å². The topological polar surface area (TPSA) is 77.2 Å². The monoisotopic (exact) mass is 333 g/mol. The molecule has 3 N–H and O–H groups in total. The summed E-state index contributed by atoms with van der Waals surface area (Å²) in [5.41, 5.74) is 7.52. The van der Waals surface area contributed by atoms with Crippen molar-refractivity contribution in [3.05, 3.63) is 34.8 Å². The highest BCUT2D eigenvalue weighted by Crippen LogP contribution is 2.32. The molecule has 2 unspecified atom stereocenters. The predicted octanol–water partition coefficient (Wildman–Crippen LogP) is 2.90. The molecule has 0 bridgehead atoms. The highest BCUT2D eigenvalue weighted by molar-refractivity contribution is 7.15. The number of hydrogen-bond acceptors (Lipinski definition) is 5. The van der Waals surface area contributed by atoms with Gasteiger partial charge in [0.25, 0.3) is 0 Å². The number of aromatic nitrogens is 1. The lowest BCUT2D eigenvalue weighted by Crippen LogP contribution is -2.34. The first-order chi connectivity index (χ1) is 11.0. The van der Waals surface area contributed by atoms with Gasteiger partial charge >= 0.3 is 0 Å². The first kappa shape index (κ1) is 17.4. The molecule has 1 amide bonds. The quantitative estimate of drug-likeness (QED) is 0.852. The number of nitrogens with zero attached hydrogens (tertiary/aromatic N) is 1. The standard InChI is InChI=1S/C17H23N3O2S/c1-10(9-18)16(21)19-11(2)15-12(3)20-17(23-15)13-5-7-14(22-4)8-6-13/h5-8,10-11H,9,18H2,1-4H3,(H,19,21). The summed E-state index contributed by atoms with van der Waals surface area (Å²) in [4.78, 5) is 17.7. The second-order valence-electron chi connectivity index (χ2n) is 5.56. The van der Waals surface area contributed by atoms with Crippen molar-refractivity contribution >= 4 is 17.2 Å². The van der Waals surface area contributed by atoms with E-state index in [1.807, 2.05) is 45.0 Å². The molecule has 0 spiro atoms. The van der Waals surface area contributed by atoms with Crippen LogP contribution in [0.1, 0.15) is 30.5 Å². The first-order valence-electron chi connectivity index (χ1n) is 7.58. The number of rotatable bonds is 6. The maximum Gasteiger partial charge on any atom is 0.224 e. The predicted molar refractivity (Wildman–Crippen MR) is 93.6 cm³/mol. The molecule has 124 valence electrons. The largest absolute Gasteiger partial charge is 0.497 e. The van der Waals surface area contributed by atoms with E-state index in [9.17, 15) is 4.79 Å². The summed E-state index contributed by atoms with van der Waals surface area (Å²) < 4.78 is 5.17. The second kappa shape index (κ2) is 7.57. The van der Waals surface area contributed by atoms with E-state index in [1.165, 1.54) is 0 Å². The van der Waals surface area contributed by atoms with Gasteiger partial charge in [-0.3, -0.25) is 4.79 Å². The van der Waals surface area contributed by atoms with Crippen LogP contribution in [0.15, 0.2) is 24.3 Å². The zero-order valence-electron chi connectivity index (χ0n) is 13.9. The highest BCUT2D eigenvalue weighted by atomic mass is 32.1. The minimum Gasteiger partial charge on any atom is -0.497 e. The van der Waals surface area contributed by atoms with Crippen LogP contribution in [0.2, 0.25) is 0 Å². The molecule has 0 aliphatic heterocycles. The summed E-state index contributed by atoms with van der Waals surface area (Å²) in [7, 11) is 1.65. The zero-order chi connectivity index (χ0) is 17.0. The molecule has 1 aromatic carbocycles. The van der Waals surface area contributed by atoms with Crippen molar-refractivity contribution in [2.75, 3.05) is 13.7 Å². The smallest absolute Gasteiger partial charge is 0.224 e. The zero-order valence-corrected chi connectivity index (χ0v) is 14.7. The molecular weight excluding hydrogens is 310 g/mol. The Balaban J connectivity index is 2.18. The summed E-state index contributed by atoms with van der Waals surface area (Å²) in [5.74, 6) is 0.601. The van der Waals surface area contributed by atoms with Crippen LogP contribution in [0.5, 0.6) is 5.75 Å². The number of benzene rings is 1. The Morgan fingerprint density at radius 1 is 1.35 bits per heavy atom. The van der Waals surface area contributed by atoms with Crippen LogP contribution in [0.4, 0.5) is 0 Å². The summed E-state index contributed by atoms with van der Waals surface area (Å²) >= 11 is 1.60. The van der Waals surface area contributed by atoms with Crippen molar-refractivity contribution in [3.8, 4) is 16.3 Å². The third-order valence-electron chi connectivity index (χ3n) is 3.72. The molecule has 2 aromatic rings. The van der Waals surface area contributed by atoms with Crippen LogP contribution in [-0.2, 0) is 4.79 Å². The molecule has 0 saturated heterocycles. The lowest BCUT2D eigenvalue weighted by atomic mass is 10.1. The average Bonchev–Trinajstić information content (AvgIpc) is 2.96. The van der Waals surface area contributed by atoms with Gasteiger partial charge in [0.05, 0.1) is 23.7 Å². The normalized spacial score (nSPS) is 13.4. The van der Waals surface area contributed by atoms with E-state index in [1.54, 1.807) is 18.4 Å². The number of ether oxygens (including phenoxy) is 1. The number of carbonyl (C=O) groups is 1. The maximum atomic E-state index is 12.0. The van der Waals surface area contributed by atoms with E-state index >= 15 is 0 Å². The lowest BCUT2D eigenvalue weighted by molar-refractivity contribution is -0.124. The Labute approximate surface area is 140 Å². The number of aryl methyl sites for hydroxylation is 1. The Morgan fingerprint density at radius 2 is 2.00 bits per heavy atom. The fourth-order valence-electron chi connectivity index (χ4n) is 2.20. The fraction of sp³-hybridized carbons (Fsp3) is 0.412.